The van der Waals surface area contributed by atoms with Crippen molar-refractivity contribution in [3.05, 3.63) is 106 Å². The number of esters is 1. The lowest BCUT2D eigenvalue weighted by molar-refractivity contribution is -0.135. The van der Waals surface area contributed by atoms with Crippen molar-refractivity contribution < 1.29 is 23.5 Å². The summed E-state index contributed by atoms with van der Waals surface area (Å²) in [5.74, 6) is -2.17. The fourth-order valence-corrected chi connectivity index (χ4v) is 4.93. The summed E-state index contributed by atoms with van der Waals surface area (Å²) in [6.07, 6.45) is 4.33. The summed E-state index contributed by atoms with van der Waals surface area (Å²) in [5.41, 5.74) is 2.05. The maximum Gasteiger partial charge on any atom is 0.338 e. The number of tetrazole rings is 1. The lowest BCUT2D eigenvalue weighted by Crippen LogP contribution is -2.44. The van der Waals surface area contributed by atoms with Crippen LogP contribution in [0.4, 0.5) is 10.1 Å². The molecule has 3 aromatic carbocycles. The molecule has 0 saturated carbocycles. The minimum atomic E-state index is -0.962. The number of aromatic nitrogens is 4. The monoisotopic (exact) mass is 602 g/mol. The third kappa shape index (κ3) is 6.62. The molecule has 5 rings (SSSR count). The van der Waals surface area contributed by atoms with E-state index in [4.69, 9.17) is 16.3 Å². The van der Waals surface area contributed by atoms with Crippen LogP contribution in [-0.2, 0) is 20.7 Å². The Labute approximate surface area is 252 Å². The number of nitrogens with one attached hydrogen (secondary N) is 1. The molecular weight excluding hydrogens is 575 g/mol. The molecule has 43 heavy (non-hydrogen) atoms. The fourth-order valence-electron chi connectivity index (χ4n) is 4.76. The standard InChI is InChI=1S/C31H28ClFN6O4/c1-31(2,3)43-30(42)20-8-10-21(11-9-20)35-29(41)28-22-7-5-4-6-19(22)16-17-38(28)26(40)15-12-23-25(39-18-34-36-37-39)14-13-24(32)27(23)33/h4-15,18,28H,16-17H2,1-3H3,(H,35,41)/b15-12+/t28-/m0/s1. The van der Waals surface area contributed by atoms with Crippen LogP contribution in [0, 0.1) is 5.82 Å². The van der Waals surface area contributed by atoms with Gasteiger partial charge in [-0.15, -0.1) is 5.10 Å². The molecule has 1 aromatic heterocycles. The first kappa shape index (κ1) is 29.6. The van der Waals surface area contributed by atoms with E-state index >= 15 is 4.39 Å². The van der Waals surface area contributed by atoms with Crippen molar-refractivity contribution in [2.75, 3.05) is 11.9 Å². The highest BCUT2D eigenvalue weighted by molar-refractivity contribution is 6.31. The molecule has 0 fully saturated rings. The summed E-state index contributed by atoms with van der Waals surface area (Å²) in [5, 5.41) is 13.7. The van der Waals surface area contributed by atoms with E-state index in [1.165, 1.54) is 40.2 Å². The summed E-state index contributed by atoms with van der Waals surface area (Å²) < 4.78 is 21.7. The molecule has 1 N–H and O–H groups in total. The van der Waals surface area contributed by atoms with Crippen molar-refractivity contribution >= 4 is 41.1 Å². The largest absolute Gasteiger partial charge is 0.456 e. The summed E-state index contributed by atoms with van der Waals surface area (Å²) in [7, 11) is 0. The topological polar surface area (TPSA) is 119 Å². The molecule has 12 heteroatoms. The van der Waals surface area contributed by atoms with Gasteiger partial charge in [-0.25, -0.2) is 9.18 Å². The van der Waals surface area contributed by atoms with E-state index < -0.39 is 35.2 Å². The molecule has 2 heterocycles. The average Bonchev–Trinajstić information content (AvgIpc) is 3.51. The molecule has 0 radical (unpaired) electrons. The molecule has 0 saturated heterocycles. The number of carbonyl (C=O) groups is 3. The molecule has 0 spiro atoms. The van der Waals surface area contributed by atoms with Crippen LogP contribution < -0.4 is 5.32 Å². The third-order valence-electron chi connectivity index (χ3n) is 6.70. The second-order valence-corrected chi connectivity index (χ2v) is 11.2. The molecule has 10 nitrogen and oxygen atoms in total. The number of hydrogen-bond donors (Lipinski definition) is 1. The Balaban J connectivity index is 1.41. The van der Waals surface area contributed by atoms with Crippen molar-refractivity contribution in [3.8, 4) is 5.69 Å². The maximum atomic E-state index is 15.1. The highest BCUT2D eigenvalue weighted by Crippen LogP contribution is 2.32. The number of hydrogen-bond acceptors (Lipinski definition) is 7. The van der Waals surface area contributed by atoms with E-state index in [0.29, 0.717) is 23.2 Å². The Kier molecular flexibility index (Phi) is 8.36. The molecule has 0 unspecified atom stereocenters. The van der Waals surface area contributed by atoms with Crippen molar-refractivity contribution in [3.63, 3.8) is 0 Å². The van der Waals surface area contributed by atoms with E-state index in [2.05, 4.69) is 20.8 Å². The van der Waals surface area contributed by atoms with Crippen molar-refractivity contribution in [2.24, 2.45) is 0 Å². The van der Waals surface area contributed by atoms with Gasteiger partial charge in [0.25, 0.3) is 5.91 Å². The summed E-state index contributed by atoms with van der Waals surface area (Å²) in [4.78, 5) is 41.1. The smallest absolute Gasteiger partial charge is 0.338 e. The van der Waals surface area contributed by atoms with Crippen LogP contribution in [0.1, 0.15) is 53.9 Å². The zero-order valence-corrected chi connectivity index (χ0v) is 24.4. The molecule has 2 amide bonds. The third-order valence-corrected chi connectivity index (χ3v) is 6.99. The van der Waals surface area contributed by atoms with Gasteiger partial charge in [0, 0.05) is 23.9 Å². The minimum absolute atomic E-state index is 0.0108. The van der Waals surface area contributed by atoms with Gasteiger partial charge in [0.05, 0.1) is 16.3 Å². The van der Waals surface area contributed by atoms with E-state index in [1.807, 2.05) is 12.1 Å². The molecule has 1 aliphatic rings. The van der Waals surface area contributed by atoms with Gasteiger partial charge in [-0.2, -0.15) is 4.68 Å². The fraction of sp³-hybridized carbons (Fsp3) is 0.226. The van der Waals surface area contributed by atoms with E-state index in [9.17, 15) is 14.4 Å². The van der Waals surface area contributed by atoms with Gasteiger partial charge in [0.2, 0.25) is 5.91 Å². The lowest BCUT2D eigenvalue weighted by atomic mass is 9.91. The molecule has 1 aliphatic heterocycles. The van der Waals surface area contributed by atoms with Gasteiger partial charge in [-0.1, -0.05) is 35.9 Å². The predicted molar refractivity (Wildman–Crippen MR) is 158 cm³/mol. The molecule has 0 bridgehead atoms. The van der Waals surface area contributed by atoms with Gasteiger partial charge in [0.15, 0.2) is 5.82 Å². The Hall–Kier alpha value is -4.90. The van der Waals surface area contributed by atoms with E-state index in [-0.39, 0.29) is 22.8 Å². The van der Waals surface area contributed by atoms with Crippen LogP contribution in [-0.4, -0.2) is 55.0 Å². The number of nitrogens with zero attached hydrogens (tertiary/aromatic N) is 5. The van der Waals surface area contributed by atoms with Gasteiger partial charge in [-0.05, 0) is 91.2 Å². The molecule has 0 aliphatic carbocycles. The number of amides is 2. The Bertz CT molecular complexity index is 1700. The summed E-state index contributed by atoms with van der Waals surface area (Å²) >= 11 is 6.02. The van der Waals surface area contributed by atoms with Gasteiger partial charge in [-0.3, -0.25) is 9.59 Å². The van der Waals surface area contributed by atoms with Gasteiger partial charge >= 0.3 is 5.97 Å². The Morgan fingerprint density at radius 2 is 1.81 bits per heavy atom. The molecule has 1 atom stereocenters. The molecular formula is C31H28ClFN6O4. The molecule has 220 valence electrons. The first-order chi connectivity index (χ1) is 20.5. The number of ether oxygens (including phenoxy) is 1. The van der Waals surface area contributed by atoms with Crippen LogP contribution in [0.5, 0.6) is 0 Å². The van der Waals surface area contributed by atoms with Crippen LogP contribution >= 0.6 is 11.6 Å². The summed E-state index contributed by atoms with van der Waals surface area (Å²) in [6, 6.07) is 15.7. The number of fused-ring (bicyclic) bond motifs is 1. The minimum Gasteiger partial charge on any atom is -0.456 e. The molecule has 4 aromatic rings. The average molecular weight is 603 g/mol. The number of benzene rings is 3. The maximum absolute atomic E-state index is 15.1. The first-order valence-electron chi connectivity index (χ1n) is 13.4. The Morgan fingerprint density at radius 1 is 1.07 bits per heavy atom. The summed E-state index contributed by atoms with van der Waals surface area (Å²) in [6.45, 7) is 5.60. The highest BCUT2D eigenvalue weighted by atomic mass is 35.5. The number of rotatable bonds is 6. The van der Waals surface area contributed by atoms with Crippen molar-refractivity contribution in [1.29, 1.82) is 0 Å². The van der Waals surface area contributed by atoms with Crippen molar-refractivity contribution in [2.45, 2.75) is 38.8 Å². The first-order valence-corrected chi connectivity index (χ1v) is 13.8. The Morgan fingerprint density at radius 3 is 2.51 bits per heavy atom. The zero-order chi connectivity index (χ0) is 30.7. The van der Waals surface area contributed by atoms with Crippen LogP contribution in [0.3, 0.4) is 0 Å². The van der Waals surface area contributed by atoms with Gasteiger partial charge in [0.1, 0.15) is 18.0 Å². The highest BCUT2D eigenvalue weighted by Gasteiger charge is 2.35. The van der Waals surface area contributed by atoms with Crippen LogP contribution in [0.25, 0.3) is 11.8 Å². The normalized spacial score (nSPS) is 14.8. The van der Waals surface area contributed by atoms with Crippen LogP contribution in [0.2, 0.25) is 5.02 Å². The van der Waals surface area contributed by atoms with Crippen LogP contribution in [0.15, 0.2) is 73.1 Å². The quantitative estimate of drug-likeness (QED) is 0.238. The predicted octanol–water partition coefficient (Wildman–Crippen LogP) is 5.19. The van der Waals surface area contributed by atoms with Gasteiger partial charge < -0.3 is 15.0 Å². The SMILES string of the molecule is CC(C)(C)OC(=O)c1ccc(NC(=O)[C@@H]2c3ccccc3CCN2C(=O)/C=C/c2c(-n3cnnn3)ccc(Cl)c2F)cc1. The number of anilines is 1. The second-order valence-electron chi connectivity index (χ2n) is 10.8. The van der Waals surface area contributed by atoms with E-state index in [0.717, 1.165) is 5.56 Å². The zero-order valence-electron chi connectivity index (χ0n) is 23.6. The lowest BCUT2D eigenvalue weighted by Gasteiger charge is -2.35. The van der Waals surface area contributed by atoms with Crippen molar-refractivity contribution in [1.82, 2.24) is 25.1 Å². The van der Waals surface area contributed by atoms with E-state index in [1.54, 1.807) is 57.2 Å². The number of halogens is 2. The number of carbonyl (C=O) groups excluding carboxylic acids is 3. The second kappa shape index (κ2) is 12.1.